The molecule has 6 nitrogen and oxygen atoms in total. The van der Waals surface area contributed by atoms with Gasteiger partial charge >= 0.3 is 0 Å². The van der Waals surface area contributed by atoms with E-state index < -0.39 is 0 Å². The topological polar surface area (TPSA) is 46.4 Å². The van der Waals surface area contributed by atoms with Gasteiger partial charge in [-0.15, -0.1) is 22.6 Å². The second kappa shape index (κ2) is 7.81. The van der Waals surface area contributed by atoms with E-state index in [4.69, 9.17) is 4.74 Å². The molecule has 1 aromatic carbocycles. The molecule has 0 spiro atoms. The van der Waals surface area contributed by atoms with Crippen LogP contribution < -0.4 is 9.80 Å². The highest BCUT2D eigenvalue weighted by Crippen LogP contribution is 2.26. The number of methoxy groups -OCH3 is 1. The maximum atomic E-state index is 13.1. The zero-order valence-corrected chi connectivity index (χ0v) is 15.0. The van der Waals surface area contributed by atoms with Crippen LogP contribution in [-0.2, 0) is 11.8 Å². The molecule has 8 heteroatoms. The standard InChI is InChI=1S/C16H22FN5O.ClH/c1-20(13-6-4-12(17)5-7-13)15-18-19-16(21(15)2)22-10-8-14(23-3)9-11-22;/h4-7,14H,8-11H2,1-3H3;1H. The second-order valence-electron chi connectivity index (χ2n) is 5.82. The molecule has 1 saturated heterocycles. The van der Waals surface area contributed by atoms with E-state index in [0.717, 1.165) is 43.5 Å². The van der Waals surface area contributed by atoms with Crippen LogP contribution in [0.2, 0.25) is 0 Å². The minimum atomic E-state index is -0.248. The Balaban J connectivity index is 0.00000208. The van der Waals surface area contributed by atoms with E-state index in [1.54, 1.807) is 19.2 Å². The number of nitrogens with zero attached hydrogens (tertiary/aromatic N) is 5. The molecule has 24 heavy (non-hydrogen) atoms. The summed E-state index contributed by atoms with van der Waals surface area (Å²) in [6.07, 6.45) is 2.32. The molecule has 1 fully saturated rings. The van der Waals surface area contributed by atoms with Crippen molar-refractivity contribution in [1.29, 1.82) is 0 Å². The number of benzene rings is 1. The summed E-state index contributed by atoms with van der Waals surface area (Å²) in [5.41, 5.74) is 0.867. The van der Waals surface area contributed by atoms with Crippen molar-refractivity contribution in [3.8, 4) is 0 Å². The molecule has 3 rings (SSSR count). The summed E-state index contributed by atoms with van der Waals surface area (Å²) in [5, 5.41) is 8.64. The molecule has 0 N–H and O–H groups in total. The van der Waals surface area contributed by atoms with Crippen molar-refractivity contribution in [2.24, 2.45) is 7.05 Å². The summed E-state index contributed by atoms with van der Waals surface area (Å²) in [5.74, 6) is 1.32. The molecular formula is C16H23ClFN5O. The number of hydrogen-bond acceptors (Lipinski definition) is 5. The maximum absolute atomic E-state index is 13.1. The highest BCUT2D eigenvalue weighted by molar-refractivity contribution is 5.85. The van der Waals surface area contributed by atoms with Crippen LogP contribution in [0.15, 0.2) is 24.3 Å². The van der Waals surface area contributed by atoms with Gasteiger partial charge in [-0.25, -0.2) is 4.39 Å². The van der Waals surface area contributed by atoms with Crippen LogP contribution in [0, 0.1) is 5.82 Å². The summed E-state index contributed by atoms with van der Waals surface area (Å²) in [4.78, 5) is 4.13. The molecule has 2 heterocycles. The summed E-state index contributed by atoms with van der Waals surface area (Å²) in [6, 6.07) is 6.35. The van der Waals surface area contributed by atoms with Crippen molar-refractivity contribution in [2.45, 2.75) is 18.9 Å². The zero-order chi connectivity index (χ0) is 16.4. The molecule has 0 saturated carbocycles. The van der Waals surface area contributed by atoms with Crippen LogP contribution in [0.4, 0.5) is 22.0 Å². The highest BCUT2D eigenvalue weighted by Gasteiger charge is 2.24. The van der Waals surface area contributed by atoms with Gasteiger partial charge in [0.2, 0.25) is 11.9 Å². The summed E-state index contributed by atoms with van der Waals surface area (Å²) in [7, 11) is 5.61. The van der Waals surface area contributed by atoms with Gasteiger partial charge in [-0.3, -0.25) is 4.57 Å². The SMILES string of the molecule is COC1CCN(c2nnc(N(C)c3ccc(F)cc3)n2C)CC1.Cl. The lowest BCUT2D eigenvalue weighted by molar-refractivity contribution is 0.0815. The highest BCUT2D eigenvalue weighted by atomic mass is 35.5. The Hall–Kier alpha value is -1.86. The van der Waals surface area contributed by atoms with Gasteiger partial charge in [0.1, 0.15) is 5.82 Å². The first kappa shape index (κ1) is 18.5. The normalized spacial score (nSPS) is 15.2. The fourth-order valence-corrected chi connectivity index (χ4v) is 2.95. The number of anilines is 3. The van der Waals surface area contributed by atoms with E-state index >= 15 is 0 Å². The van der Waals surface area contributed by atoms with Gasteiger partial charge < -0.3 is 14.5 Å². The molecule has 2 aromatic rings. The molecule has 1 aliphatic heterocycles. The van der Waals surface area contributed by atoms with Gasteiger partial charge in [0.05, 0.1) is 6.10 Å². The number of piperidine rings is 1. The third-order valence-corrected chi connectivity index (χ3v) is 4.40. The smallest absolute Gasteiger partial charge is 0.232 e. The first-order chi connectivity index (χ1) is 11.1. The quantitative estimate of drug-likeness (QED) is 0.844. The first-order valence-corrected chi connectivity index (χ1v) is 7.76. The molecule has 0 aliphatic carbocycles. The predicted molar refractivity (Wildman–Crippen MR) is 95.0 cm³/mol. The van der Waals surface area contributed by atoms with E-state index in [1.807, 2.05) is 23.6 Å². The fourth-order valence-electron chi connectivity index (χ4n) is 2.95. The van der Waals surface area contributed by atoms with E-state index in [2.05, 4.69) is 15.1 Å². The van der Waals surface area contributed by atoms with Crippen molar-refractivity contribution in [2.75, 3.05) is 37.0 Å². The number of aromatic nitrogens is 3. The molecule has 0 bridgehead atoms. The van der Waals surface area contributed by atoms with E-state index in [9.17, 15) is 4.39 Å². The Labute approximate surface area is 147 Å². The average molecular weight is 356 g/mol. The molecule has 1 aromatic heterocycles. The largest absolute Gasteiger partial charge is 0.381 e. The van der Waals surface area contributed by atoms with Crippen LogP contribution in [-0.4, -0.2) is 48.1 Å². The van der Waals surface area contributed by atoms with Crippen LogP contribution >= 0.6 is 12.4 Å². The van der Waals surface area contributed by atoms with Gasteiger partial charge in [0.25, 0.3) is 0 Å². The van der Waals surface area contributed by atoms with Crippen LogP contribution in [0.3, 0.4) is 0 Å². The average Bonchev–Trinajstić information content (AvgIpc) is 2.96. The van der Waals surface area contributed by atoms with Crippen LogP contribution in [0.25, 0.3) is 0 Å². The number of hydrogen-bond donors (Lipinski definition) is 0. The minimum Gasteiger partial charge on any atom is -0.381 e. The van der Waals surface area contributed by atoms with Gasteiger partial charge in [0.15, 0.2) is 0 Å². The van der Waals surface area contributed by atoms with Gasteiger partial charge in [-0.05, 0) is 37.1 Å². The number of rotatable bonds is 4. The van der Waals surface area contributed by atoms with Gasteiger partial charge in [-0.1, -0.05) is 0 Å². The first-order valence-electron chi connectivity index (χ1n) is 7.76. The molecule has 0 radical (unpaired) electrons. The van der Waals surface area contributed by atoms with Gasteiger partial charge in [0, 0.05) is 40.0 Å². The third kappa shape index (κ3) is 3.62. The van der Waals surface area contributed by atoms with E-state index in [1.165, 1.54) is 12.1 Å². The van der Waals surface area contributed by atoms with Crippen molar-refractivity contribution in [1.82, 2.24) is 14.8 Å². The van der Waals surface area contributed by atoms with Crippen molar-refractivity contribution >= 4 is 30.0 Å². The molecule has 0 atom stereocenters. The summed E-state index contributed by atoms with van der Waals surface area (Å²) >= 11 is 0. The Bertz CT molecular complexity index is 655. The lowest BCUT2D eigenvalue weighted by atomic mass is 10.1. The molecule has 0 unspecified atom stereocenters. The van der Waals surface area contributed by atoms with Crippen molar-refractivity contribution in [3.05, 3.63) is 30.1 Å². The minimum absolute atomic E-state index is 0. The van der Waals surface area contributed by atoms with Crippen molar-refractivity contribution in [3.63, 3.8) is 0 Å². The summed E-state index contributed by atoms with van der Waals surface area (Å²) < 4.78 is 20.4. The zero-order valence-electron chi connectivity index (χ0n) is 14.1. The van der Waals surface area contributed by atoms with Crippen LogP contribution in [0.1, 0.15) is 12.8 Å². The maximum Gasteiger partial charge on any atom is 0.232 e. The number of ether oxygens (including phenoxy) is 1. The van der Waals surface area contributed by atoms with Gasteiger partial charge in [-0.2, -0.15) is 0 Å². The van der Waals surface area contributed by atoms with E-state index in [0.29, 0.717) is 6.10 Å². The third-order valence-electron chi connectivity index (χ3n) is 4.40. The van der Waals surface area contributed by atoms with Crippen molar-refractivity contribution < 1.29 is 9.13 Å². The monoisotopic (exact) mass is 355 g/mol. The molecule has 0 amide bonds. The Morgan fingerprint density at radius 2 is 1.79 bits per heavy atom. The lowest BCUT2D eigenvalue weighted by Crippen LogP contribution is -2.38. The fraction of sp³-hybridized carbons (Fsp3) is 0.500. The Morgan fingerprint density at radius 3 is 2.38 bits per heavy atom. The summed E-state index contributed by atoms with van der Waals surface area (Å²) in [6.45, 7) is 1.81. The second-order valence-corrected chi connectivity index (χ2v) is 5.82. The number of halogens is 2. The predicted octanol–water partition coefficient (Wildman–Crippen LogP) is 2.76. The molecule has 1 aliphatic rings. The Morgan fingerprint density at radius 1 is 1.17 bits per heavy atom. The van der Waals surface area contributed by atoms with E-state index in [-0.39, 0.29) is 18.2 Å². The molecule has 132 valence electrons. The Kier molecular flexibility index (Phi) is 6.01. The lowest BCUT2D eigenvalue weighted by Gasteiger charge is -2.31. The molecular weight excluding hydrogens is 333 g/mol. The van der Waals surface area contributed by atoms with Crippen LogP contribution in [0.5, 0.6) is 0 Å².